The number of hydrogen-bond acceptors (Lipinski definition) is 1. The molecule has 0 fully saturated rings. The lowest BCUT2D eigenvalue weighted by Crippen LogP contribution is -2.38. The summed E-state index contributed by atoms with van der Waals surface area (Å²) in [6.45, 7) is 2.04. The number of fused-ring (bicyclic) bond motifs is 1. The SMILES string of the molecule is CC1Cc2ccccc2N1C(=S)Nc1cccc(C(F)(F)F)c1. The van der Waals surface area contributed by atoms with Crippen molar-refractivity contribution in [2.45, 2.75) is 25.6 Å². The highest BCUT2D eigenvalue weighted by atomic mass is 32.1. The van der Waals surface area contributed by atoms with E-state index in [0.29, 0.717) is 10.8 Å². The fourth-order valence-electron chi connectivity index (χ4n) is 2.83. The predicted octanol–water partition coefficient (Wildman–Crippen LogP) is 4.85. The van der Waals surface area contributed by atoms with Gasteiger partial charge in [0.25, 0.3) is 0 Å². The van der Waals surface area contributed by atoms with Crippen LogP contribution in [0.25, 0.3) is 0 Å². The highest BCUT2D eigenvalue weighted by molar-refractivity contribution is 7.80. The highest BCUT2D eigenvalue weighted by Crippen LogP contribution is 2.33. The maximum Gasteiger partial charge on any atom is 0.416 e. The summed E-state index contributed by atoms with van der Waals surface area (Å²) in [6.07, 6.45) is -3.51. The van der Waals surface area contributed by atoms with Crippen LogP contribution >= 0.6 is 12.2 Å². The highest BCUT2D eigenvalue weighted by Gasteiger charge is 2.31. The Balaban J connectivity index is 1.83. The second kappa shape index (κ2) is 5.85. The Labute approximate surface area is 137 Å². The van der Waals surface area contributed by atoms with Gasteiger partial charge in [0, 0.05) is 17.4 Å². The Morgan fingerprint density at radius 3 is 2.65 bits per heavy atom. The van der Waals surface area contributed by atoms with Crippen molar-refractivity contribution in [1.29, 1.82) is 0 Å². The summed E-state index contributed by atoms with van der Waals surface area (Å²) in [5.74, 6) is 0. The number of alkyl halides is 3. The van der Waals surface area contributed by atoms with Gasteiger partial charge in [-0.25, -0.2) is 0 Å². The number of benzene rings is 2. The first kappa shape index (κ1) is 15.8. The molecule has 0 amide bonds. The van der Waals surface area contributed by atoms with Crippen LogP contribution in [0.5, 0.6) is 0 Å². The lowest BCUT2D eigenvalue weighted by atomic mass is 10.1. The van der Waals surface area contributed by atoms with Gasteiger partial charge in [0.2, 0.25) is 0 Å². The molecule has 0 aliphatic carbocycles. The fraction of sp³-hybridized carbons (Fsp3) is 0.235. The zero-order chi connectivity index (χ0) is 16.6. The van der Waals surface area contributed by atoms with Crippen molar-refractivity contribution in [1.82, 2.24) is 0 Å². The molecular formula is C17H15F3N2S. The maximum atomic E-state index is 12.8. The molecule has 0 aromatic heterocycles. The monoisotopic (exact) mass is 336 g/mol. The van der Waals surface area contributed by atoms with Crippen LogP contribution in [0.2, 0.25) is 0 Å². The molecule has 3 rings (SSSR count). The number of thiocarbonyl (C=S) groups is 1. The largest absolute Gasteiger partial charge is 0.416 e. The third-order valence-electron chi connectivity index (χ3n) is 3.87. The van der Waals surface area contributed by atoms with E-state index < -0.39 is 11.7 Å². The number of rotatable bonds is 1. The van der Waals surface area contributed by atoms with E-state index in [-0.39, 0.29) is 6.04 Å². The Bertz CT molecular complexity index is 743. The topological polar surface area (TPSA) is 15.3 Å². The molecule has 2 nitrogen and oxygen atoms in total. The minimum absolute atomic E-state index is 0.165. The zero-order valence-corrected chi connectivity index (χ0v) is 13.2. The minimum Gasteiger partial charge on any atom is -0.332 e. The summed E-state index contributed by atoms with van der Waals surface area (Å²) in [5, 5.41) is 3.33. The molecular weight excluding hydrogens is 321 g/mol. The summed E-state index contributed by atoms with van der Waals surface area (Å²) in [5.41, 5.74) is 1.83. The van der Waals surface area contributed by atoms with Crippen molar-refractivity contribution in [2.75, 3.05) is 10.2 Å². The molecule has 1 heterocycles. The molecule has 120 valence electrons. The van der Waals surface area contributed by atoms with E-state index in [9.17, 15) is 13.2 Å². The van der Waals surface area contributed by atoms with E-state index in [1.54, 1.807) is 6.07 Å². The molecule has 1 aliphatic heterocycles. The van der Waals surface area contributed by atoms with E-state index in [1.165, 1.54) is 11.6 Å². The van der Waals surface area contributed by atoms with Gasteiger partial charge in [0.15, 0.2) is 5.11 Å². The van der Waals surface area contributed by atoms with Gasteiger partial charge in [0.05, 0.1) is 5.56 Å². The second-order valence-electron chi connectivity index (χ2n) is 5.56. The summed E-state index contributed by atoms with van der Waals surface area (Å²) in [4.78, 5) is 1.95. The lowest BCUT2D eigenvalue weighted by Gasteiger charge is -2.26. The molecule has 0 bridgehead atoms. The van der Waals surface area contributed by atoms with Crippen molar-refractivity contribution in [2.24, 2.45) is 0 Å². The summed E-state index contributed by atoms with van der Waals surface area (Å²) >= 11 is 5.42. The number of halogens is 3. The van der Waals surface area contributed by atoms with Crippen LogP contribution in [0.1, 0.15) is 18.1 Å². The summed E-state index contributed by atoms with van der Waals surface area (Å²) in [7, 11) is 0. The molecule has 1 aliphatic rings. The van der Waals surface area contributed by atoms with E-state index in [0.717, 1.165) is 24.2 Å². The van der Waals surface area contributed by atoms with Gasteiger partial charge in [-0.1, -0.05) is 24.3 Å². The minimum atomic E-state index is -4.37. The summed E-state index contributed by atoms with van der Waals surface area (Å²) < 4.78 is 38.4. The van der Waals surface area contributed by atoms with Gasteiger partial charge in [-0.15, -0.1) is 0 Å². The fourth-order valence-corrected chi connectivity index (χ4v) is 3.23. The maximum absolute atomic E-state index is 12.8. The molecule has 0 saturated carbocycles. The molecule has 0 spiro atoms. The summed E-state index contributed by atoms with van der Waals surface area (Å²) in [6, 6.07) is 13.1. The standard InChI is InChI=1S/C17H15F3N2S/c1-11-9-12-5-2-3-8-15(12)22(11)16(23)21-14-7-4-6-13(10-14)17(18,19)20/h2-8,10-11H,9H2,1H3,(H,21,23). The Morgan fingerprint density at radius 2 is 1.91 bits per heavy atom. The quantitative estimate of drug-likeness (QED) is 0.749. The zero-order valence-electron chi connectivity index (χ0n) is 12.4. The lowest BCUT2D eigenvalue weighted by molar-refractivity contribution is -0.137. The van der Waals surface area contributed by atoms with Crippen LogP contribution in [-0.4, -0.2) is 11.2 Å². The second-order valence-corrected chi connectivity index (χ2v) is 5.95. The van der Waals surface area contributed by atoms with Crippen LogP contribution in [0.4, 0.5) is 24.5 Å². The van der Waals surface area contributed by atoms with Crippen LogP contribution in [0, 0.1) is 0 Å². The molecule has 1 N–H and O–H groups in total. The number of anilines is 2. The average molecular weight is 336 g/mol. The van der Waals surface area contributed by atoms with Crippen molar-refractivity contribution in [3.63, 3.8) is 0 Å². The van der Waals surface area contributed by atoms with E-state index in [1.807, 2.05) is 36.1 Å². The predicted molar refractivity (Wildman–Crippen MR) is 89.8 cm³/mol. The van der Waals surface area contributed by atoms with Gasteiger partial charge in [-0.05, 0) is 55.4 Å². The van der Waals surface area contributed by atoms with Gasteiger partial charge in [0.1, 0.15) is 0 Å². The van der Waals surface area contributed by atoms with Crippen molar-refractivity contribution in [3.8, 4) is 0 Å². The van der Waals surface area contributed by atoms with Gasteiger partial charge < -0.3 is 10.2 Å². The van der Waals surface area contributed by atoms with Crippen LogP contribution < -0.4 is 10.2 Å². The number of nitrogens with zero attached hydrogens (tertiary/aromatic N) is 1. The number of nitrogens with one attached hydrogen (secondary N) is 1. The van der Waals surface area contributed by atoms with E-state index >= 15 is 0 Å². The molecule has 23 heavy (non-hydrogen) atoms. The Morgan fingerprint density at radius 1 is 1.17 bits per heavy atom. The molecule has 2 aromatic carbocycles. The van der Waals surface area contributed by atoms with Gasteiger partial charge in [-0.3, -0.25) is 0 Å². The first-order chi connectivity index (χ1) is 10.9. The molecule has 1 atom stereocenters. The molecule has 1 unspecified atom stereocenters. The average Bonchev–Trinajstić information content (AvgIpc) is 2.82. The Hall–Kier alpha value is -2.08. The first-order valence-electron chi connectivity index (χ1n) is 7.21. The number of hydrogen-bond donors (Lipinski definition) is 1. The third-order valence-corrected chi connectivity index (χ3v) is 4.17. The van der Waals surface area contributed by atoms with Crippen LogP contribution in [-0.2, 0) is 12.6 Å². The molecule has 2 aromatic rings. The first-order valence-corrected chi connectivity index (χ1v) is 7.62. The molecule has 0 radical (unpaired) electrons. The van der Waals surface area contributed by atoms with Crippen molar-refractivity contribution < 1.29 is 13.2 Å². The van der Waals surface area contributed by atoms with Crippen molar-refractivity contribution >= 4 is 28.7 Å². The smallest absolute Gasteiger partial charge is 0.332 e. The van der Waals surface area contributed by atoms with E-state index in [4.69, 9.17) is 12.2 Å². The van der Waals surface area contributed by atoms with Gasteiger partial charge in [-0.2, -0.15) is 13.2 Å². The van der Waals surface area contributed by atoms with Crippen molar-refractivity contribution in [3.05, 3.63) is 59.7 Å². The van der Waals surface area contributed by atoms with E-state index in [2.05, 4.69) is 5.32 Å². The molecule has 0 saturated heterocycles. The number of para-hydroxylation sites is 1. The Kier molecular flexibility index (Phi) is 4.02. The normalized spacial score (nSPS) is 17.0. The van der Waals surface area contributed by atoms with Gasteiger partial charge >= 0.3 is 6.18 Å². The molecule has 6 heteroatoms. The third kappa shape index (κ3) is 3.17. The van der Waals surface area contributed by atoms with Crippen LogP contribution in [0.3, 0.4) is 0 Å². The van der Waals surface area contributed by atoms with Crippen LogP contribution in [0.15, 0.2) is 48.5 Å².